The van der Waals surface area contributed by atoms with Gasteiger partial charge in [0, 0.05) is 12.8 Å². The van der Waals surface area contributed by atoms with Crippen molar-refractivity contribution in [1.29, 1.82) is 0 Å². The molecule has 4 heteroatoms. The highest BCUT2D eigenvalue weighted by Gasteiger charge is 2.06. The van der Waals surface area contributed by atoms with Crippen LogP contribution in [0.25, 0.3) is 0 Å². The third-order valence-corrected chi connectivity index (χ3v) is 8.89. The first-order chi connectivity index (χ1) is 21.5. The summed E-state index contributed by atoms with van der Waals surface area (Å²) in [7, 11) is 0. The minimum absolute atomic E-state index is 0.0148. The molecule has 0 aromatic carbocycles. The predicted molar refractivity (Wildman–Crippen MR) is 193 cm³/mol. The molecule has 1 unspecified atom stereocenters. The lowest BCUT2D eigenvalue weighted by Crippen LogP contribution is -2.13. The first-order valence-corrected chi connectivity index (χ1v) is 19.9. The van der Waals surface area contributed by atoms with Crippen molar-refractivity contribution >= 4 is 11.9 Å². The van der Waals surface area contributed by atoms with Crippen LogP contribution < -0.4 is 0 Å². The summed E-state index contributed by atoms with van der Waals surface area (Å²) in [6.07, 6.45) is 42.1. The molecule has 0 aliphatic rings. The molecule has 0 amide bonds. The fourth-order valence-electron chi connectivity index (χ4n) is 5.65. The SMILES string of the molecule is CCCCCCCCCCCCCCCCCC(=O)O.CCCCCCCCCCCCCCCCCC(=O)OC(C)CC. The second kappa shape index (κ2) is 40.0. The third-order valence-electron chi connectivity index (χ3n) is 8.89. The van der Waals surface area contributed by atoms with Gasteiger partial charge in [0.1, 0.15) is 0 Å². The van der Waals surface area contributed by atoms with Crippen LogP contribution in [0.5, 0.6) is 0 Å². The van der Waals surface area contributed by atoms with E-state index in [-0.39, 0.29) is 12.1 Å². The monoisotopic (exact) mass is 625 g/mol. The van der Waals surface area contributed by atoms with Crippen molar-refractivity contribution < 1.29 is 19.4 Å². The Hall–Kier alpha value is -1.06. The Morgan fingerprint density at radius 1 is 0.432 bits per heavy atom. The van der Waals surface area contributed by atoms with Gasteiger partial charge in [-0.15, -0.1) is 0 Å². The number of ether oxygens (including phenoxy) is 1. The standard InChI is InChI=1S/C22H44O2.C18H36O2/c1-4-6-7-8-9-10-11-12-13-14-15-16-17-18-19-20-22(23)24-21(3)5-2;1-2-3-4-5-6-7-8-9-10-11-12-13-14-15-16-17-18(19)20/h21H,4-20H2,1-3H3;2-17H2,1H3,(H,19,20). The number of carboxylic acids is 1. The summed E-state index contributed by atoms with van der Waals surface area (Å²) in [6, 6.07) is 0. The normalized spacial score (nSPS) is 11.6. The zero-order valence-corrected chi connectivity index (χ0v) is 30.6. The van der Waals surface area contributed by atoms with Crippen LogP contribution in [0.4, 0.5) is 0 Å². The molecular formula is C40H80O4. The average Bonchev–Trinajstić information content (AvgIpc) is 3.01. The van der Waals surface area contributed by atoms with E-state index in [0.29, 0.717) is 12.8 Å². The lowest BCUT2D eigenvalue weighted by molar-refractivity contribution is -0.148. The first-order valence-electron chi connectivity index (χ1n) is 19.9. The minimum atomic E-state index is -0.653. The number of rotatable bonds is 34. The molecule has 0 aliphatic heterocycles. The zero-order valence-electron chi connectivity index (χ0n) is 30.6. The quantitative estimate of drug-likeness (QED) is 0.0571. The number of hydrogen-bond acceptors (Lipinski definition) is 3. The second-order valence-electron chi connectivity index (χ2n) is 13.5. The van der Waals surface area contributed by atoms with Gasteiger partial charge in [-0.05, 0) is 26.2 Å². The van der Waals surface area contributed by atoms with E-state index in [9.17, 15) is 9.59 Å². The number of unbranched alkanes of at least 4 members (excludes halogenated alkanes) is 28. The van der Waals surface area contributed by atoms with Crippen LogP contribution in [0, 0.1) is 0 Å². The summed E-state index contributed by atoms with van der Waals surface area (Å²) in [4.78, 5) is 21.9. The Balaban J connectivity index is 0. The van der Waals surface area contributed by atoms with Gasteiger partial charge >= 0.3 is 11.9 Å². The van der Waals surface area contributed by atoms with Gasteiger partial charge in [0.2, 0.25) is 0 Å². The number of esters is 1. The molecular weight excluding hydrogens is 544 g/mol. The molecule has 0 rings (SSSR count). The molecule has 44 heavy (non-hydrogen) atoms. The summed E-state index contributed by atoms with van der Waals surface area (Å²) < 4.78 is 5.28. The van der Waals surface area contributed by atoms with Crippen molar-refractivity contribution in [1.82, 2.24) is 0 Å². The molecule has 0 aliphatic carbocycles. The fraction of sp³-hybridized carbons (Fsp3) is 0.950. The van der Waals surface area contributed by atoms with Crippen LogP contribution >= 0.6 is 0 Å². The Bertz CT molecular complexity index is 562. The van der Waals surface area contributed by atoms with Crippen LogP contribution in [0.15, 0.2) is 0 Å². The van der Waals surface area contributed by atoms with Gasteiger partial charge in [0.05, 0.1) is 6.10 Å². The maximum absolute atomic E-state index is 11.5. The van der Waals surface area contributed by atoms with Crippen molar-refractivity contribution in [3.63, 3.8) is 0 Å². The molecule has 0 spiro atoms. The number of carboxylic acid groups (broad SMARTS) is 1. The number of carbonyl (C=O) groups is 2. The van der Waals surface area contributed by atoms with Crippen molar-refractivity contribution in [2.24, 2.45) is 0 Å². The van der Waals surface area contributed by atoms with E-state index < -0.39 is 5.97 Å². The maximum Gasteiger partial charge on any atom is 0.306 e. The van der Waals surface area contributed by atoms with E-state index in [1.807, 2.05) is 13.8 Å². The topological polar surface area (TPSA) is 63.6 Å². The smallest absolute Gasteiger partial charge is 0.306 e. The van der Waals surface area contributed by atoms with Gasteiger partial charge in [-0.3, -0.25) is 9.59 Å². The molecule has 4 nitrogen and oxygen atoms in total. The highest BCUT2D eigenvalue weighted by Crippen LogP contribution is 2.15. The number of hydrogen-bond donors (Lipinski definition) is 1. The summed E-state index contributed by atoms with van der Waals surface area (Å²) in [5.41, 5.74) is 0. The highest BCUT2D eigenvalue weighted by atomic mass is 16.5. The average molecular weight is 625 g/mol. The van der Waals surface area contributed by atoms with Crippen molar-refractivity contribution in [3.8, 4) is 0 Å². The van der Waals surface area contributed by atoms with Gasteiger partial charge in [-0.1, -0.05) is 201 Å². The predicted octanol–water partition coefficient (Wildman–Crippen LogP) is 13.9. The molecule has 0 saturated heterocycles. The minimum Gasteiger partial charge on any atom is -0.481 e. The molecule has 264 valence electrons. The van der Waals surface area contributed by atoms with Crippen molar-refractivity contribution in [2.45, 2.75) is 246 Å². The molecule has 0 fully saturated rings. The first kappa shape index (κ1) is 45.1. The molecule has 0 bridgehead atoms. The van der Waals surface area contributed by atoms with E-state index in [1.165, 1.54) is 173 Å². The van der Waals surface area contributed by atoms with E-state index in [1.54, 1.807) is 0 Å². The maximum atomic E-state index is 11.5. The lowest BCUT2D eigenvalue weighted by atomic mass is 10.0. The van der Waals surface area contributed by atoms with Gasteiger partial charge in [-0.25, -0.2) is 0 Å². The molecule has 1 N–H and O–H groups in total. The highest BCUT2D eigenvalue weighted by molar-refractivity contribution is 5.69. The molecule has 0 saturated carbocycles. The van der Waals surface area contributed by atoms with Gasteiger partial charge < -0.3 is 9.84 Å². The summed E-state index contributed by atoms with van der Waals surface area (Å²) in [6.45, 7) is 8.56. The van der Waals surface area contributed by atoms with Crippen LogP contribution in [0.3, 0.4) is 0 Å². The zero-order chi connectivity index (χ0) is 32.8. The number of carbonyl (C=O) groups excluding carboxylic acids is 1. The number of aliphatic carboxylic acids is 1. The summed E-state index contributed by atoms with van der Waals surface area (Å²) >= 11 is 0. The third kappa shape index (κ3) is 43.1. The van der Waals surface area contributed by atoms with Crippen molar-refractivity contribution in [3.05, 3.63) is 0 Å². The molecule has 0 aromatic heterocycles. The lowest BCUT2D eigenvalue weighted by Gasteiger charge is -2.10. The van der Waals surface area contributed by atoms with Crippen LogP contribution in [0.2, 0.25) is 0 Å². The molecule has 0 heterocycles. The largest absolute Gasteiger partial charge is 0.481 e. The van der Waals surface area contributed by atoms with E-state index >= 15 is 0 Å². The van der Waals surface area contributed by atoms with E-state index in [2.05, 4.69) is 13.8 Å². The van der Waals surface area contributed by atoms with Crippen LogP contribution in [-0.2, 0) is 14.3 Å². The Morgan fingerprint density at radius 2 is 0.682 bits per heavy atom. The second-order valence-corrected chi connectivity index (χ2v) is 13.5. The summed E-state index contributed by atoms with van der Waals surface area (Å²) in [5, 5.41) is 8.52. The molecule has 0 aromatic rings. The molecule has 0 radical (unpaired) electrons. The molecule has 1 atom stereocenters. The van der Waals surface area contributed by atoms with Crippen molar-refractivity contribution in [2.75, 3.05) is 0 Å². The van der Waals surface area contributed by atoms with Gasteiger partial charge in [-0.2, -0.15) is 0 Å². The van der Waals surface area contributed by atoms with Gasteiger partial charge in [0.15, 0.2) is 0 Å². The van der Waals surface area contributed by atoms with Crippen LogP contribution in [0.1, 0.15) is 240 Å². The van der Waals surface area contributed by atoms with E-state index in [4.69, 9.17) is 9.84 Å². The van der Waals surface area contributed by atoms with Crippen LogP contribution in [-0.4, -0.2) is 23.1 Å². The van der Waals surface area contributed by atoms with Gasteiger partial charge in [0.25, 0.3) is 0 Å². The fourth-order valence-corrected chi connectivity index (χ4v) is 5.65. The Kier molecular flexibility index (Phi) is 40.9. The Labute approximate surface area is 276 Å². The van der Waals surface area contributed by atoms with E-state index in [0.717, 1.165) is 25.7 Å². The summed E-state index contributed by atoms with van der Waals surface area (Å²) in [5.74, 6) is -0.668. The Morgan fingerprint density at radius 3 is 0.932 bits per heavy atom.